The van der Waals surface area contributed by atoms with E-state index in [1.165, 1.54) is 34.2 Å². The molecule has 8 rings (SSSR count). The molecule has 0 amide bonds. The van der Waals surface area contributed by atoms with Gasteiger partial charge in [-0.15, -0.1) is 0 Å². The summed E-state index contributed by atoms with van der Waals surface area (Å²) in [5.74, 6) is -1.31. The van der Waals surface area contributed by atoms with Crippen LogP contribution in [0.25, 0.3) is 22.3 Å². The van der Waals surface area contributed by atoms with Gasteiger partial charge in [0.15, 0.2) is 30.2 Å². The van der Waals surface area contributed by atoms with Crippen LogP contribution in [-0.2, 0) is 78.4 Å². The molecule has 3 fully saturated rings. The molecule has 5 aromatic rings. The number of fused-ring (bicyclic) bond motifs is 2. The topological polar surface area (TPSA) is 490 Å². The van der Waals surface area contributed by atoms with Gasteiger partial charge in [0, 0.05) is 32.4 Å². The minimum absolute atomic E-state index is 0.00615. The molecule has 73 heavy (non-hydrogen) atoms. The van der Waals surface area contributed by atoms with E-state index < -0.39 is 140 Å². The Morgan fingerprint density at radius 1 is 0.822 bits per heavy atom. The largest absolute Gasteiger partial charge is 0.479 e. The van der Waals surface area contributed by atoms with Gasteiger partial charge in [-0.25, -0.2) is 42.1 Å². The summed E-state index contributed by atoms with van der Waals surface area (Å²) in [5.41, 5.74) is 7.51. The number of aliphatic hydroxyl groups excluding tert-OH is 3. The maximum absolute atomic E-state index is 14.3. The number of phosphoric ester groups is 2. The average molecular weight is 1140 g/mol. The van der Waals surface area contributed by atoms with Crippen LogP contribution in [0.2, 0.25) is 0 Å². The van der Waals surface area contributed by atoms with Crippen LogP contribution in [0.3, 0.4) is 0 Å². The molecule has 402 valence electrons. The number of aromatic amines is 2. The van der Waals surface area contributed by atoms with Gasteiger partial charge in [0.25, 0.3) is 17.1 Å². The van der Waals surface area contributed by atoms with Gasteiger partial charge in [-0.05, 0) is 11.8 Å². The molecular formula is C33H47N12O23P4S+. The highest BCUT2D eigenvalue weighted by Gasteiger charge is 2.57. The lowest BCUT2D eigenvalue weighted by atomic mass is 9.99. The quantitative estimate of drug-likeness (QED) is 0.0263. The fourth-order valence-corrected chi connectivity index (χ4v) is 15.3. The molecular weight excluding hydrogens is 1090 g/mol. The standard InChI is InChI=1S/C33H46N12O23P4S/c1-42-12-45(27-19(42)28(50)41-32(35)40-27)29-20(47)13(6-59-2)14(64-29)7-62-70(54,55)67-72(58,73)68-71(56,57)63-9-16-24(23(60-3)31(66-16)44-11-38-18-25(34)36-10-37-26(18)44)69(52,53)61-8-15-21(48)22(49)30(65-15)43-5-4-17(46)39-33(43)51/h4-5,10-16,20-24,29-31,47-49H,6-9H2,1-3H3,(H9-,34,35,36,37,39,40,41,46,50,51,52,53,54,55,56,57,58,73)/p+1/t13-,14-,15-,16?,20-,21-,22-,23-,24-,29-,30-,31-,72?/m1/s1. The molecule has 3 saturated heterocycles. The molecule has 3 aliphatic rings. The van der Waals surface area contributed by atoms with E-state index in [0.717, 1.165) is 36.6 Å². The van der Waals surface area contributed by atoms with Crippen LogP contribution in [-0.4, -0.2) is 168 Å². The number of aromatic nitrogens is 10. The van der Waals surface area contributed by atoms with Gasteiger partial charge >= 0.3 is 41.3 Å². The van der Waals surface area contributed by atoms with Gasteiger partial charge in [-0.3, -0.25) is 46.9 Å². The van der Waals surface area contributed by atoms with Crippen molar-refractivity contribution in [1.29, 1.82) is 0 Å². The van der Waals surface area contributed by atoms with Crippen LogP contribution < -0.4 is 32.8 Å². The Labute approximate surface area is 412 Å². The first kappa shape index (κ1) is 55.1. The first-order valence-electron chi connectivity index (χ1n) is 20.9. The number of hydrogen-bond donors (Lipinski definition) is 11. The molecule has 0 spiro atoms. The summed E-state index contributed by atoms with van der Waals surface area (Å²) < 4.78 is 98.7. The Hall–Kier alpha value is -4.16. The zero-order chi connectivity index (χ0) is 53.1. The fourth-order valence-electron chi connectivity index (χ4n) is 8.47. The van der Waals surface area contributed by atoms with Gasteiger partial charge < -0.3 is 74.6 Å². The molecule has 0 bridgehead atoms. The first-order valence-corrected chi connectivity index (χ1v) is 28.2. The van der Waals surface area contributed by atoms with Crippen molar-refractivity contribution in [3.05, 3.63) is 62.4 Å². The Morgan fingerprint density at radius 3 is 2.14 bits per heavy atom. The van der Waals surface area contributed by atoms with E-state index in [1.54, 1.807) is 0 Å². The number of methoxy groups -OCH3 is 2. The highest BCUT2D eigenvalue weighted by molar-refractivity contribution is 8.09. The van der Waals surface area contributed by atoms with Crippen LogP contribution in [0.5, 0.6) is 0 Å². The van der Waals surface area contributed by atoms with Crippen LogP contribution in [0.1, 0.15) is 18.7 Å². The summed E-state index contributed by atoms with van der Waals surface area (Å²) in [6.07, 6.45) is -11.2. The van der Waals surface area contributed by atoms with Crippen molar-refractivity contribution >= 4 is 75.9 Å². The third-order valence-corrected chi connectivity index (χ3v) is 19.0. The summed E-state index contributed by atoms with van der Waals surface area (Å²) >= 11 is 4.76. The van der Waals surface area contributed by atoms with Crippen molar-refractivity contribution in [1.82, 2.24) is 43.6 Å². The second-order valence-electron chi connectivity index (χ2n) is 16.4. The van der Waals surface area contributed by atoms with Crippen molar-refractivity contribution in [3.8, 4) is 0 Å². The molecule has 16 atom stereocenters. The number of nitrogens with one attached hydrogen (secondary N) is 2. The number of nitrogens with zero attached hydrogens (tertiary/aromatic N) is 8. The number of nitrogens with two attached hydrogens (primary N) is 2. The van der Waals surface area contributed by atoms with Crippen LogP contribution in [0, 0.1) is 5.92 Å². The molecule has 0 saturated carbocycles. The Balaban J connectivity index is 0.957. The van der Waals surface area contributed by atoms with E-state index >= 15 is 0 Å². The summed E-state index contributed by atoms with van der Waals surface area (Å²) in [7, 11) is -12.7. The normalized spacial score (nSPS) is 30.9. The number of phosphoric acid groups is 2. The minimum Gasteiger partial charge on any atom is -0.387 e. The van der Waals surface area contributed by atoms with Gasteiger partial charge in [0.1, 0.15) is 54.1 Å². The smallest absolute Gasteiger partial charge is 0.387 e. The lowest BCUT2D eigenvalue weighted by Crippen LogP contribution is -2.45. The molecule has 5 unspecified atom stereocenters. The second-order valence-corrected chi connectivity index (χ2v) is 24.4. The third-order valence-electron chi connectivity index (χ3n) is 11.7. The maximum Gasteiger partial charge on any atom is 0.479 e. The second kappa shape index (κ2) is 21.1. The summed E-state index contributed by atoms with van der Waals surface area (Å²) in [6.45, 7) is -8.61. The van der Waals surface area contributed by atoms with E-state index in [0.29, 0.717) is 0 Å². The highest BCUT2D eigenvalue weighted by atomic mass is 32.5. The summed E-state index contributed by atoms with van der Waals surface area (Å²) in [4.78, 5) is 101. The van der Waals surface area contributed by atoms with Crippen LogP contribution >= 0.6 is 30.0 Å². The SMILES string of the molecule is COC[C@H]1[C@@H](O)[C@H]([n+]2cn(C)c3c(=O)[nH]c(N)nc32)O[C@@H]1COP(=O)(O)OP(O)(=S)OP(=O)(O)OCC1O[C@@H](n2cnc3c(N)ncnc32)[C@H](OC)[C@@H]1P(=O)(O)OC[C@H]1O[C@@H](n2ccc(=O)[nH]c2=O)[C@H](O)[C@@H]1O. The first-order chi connectivity index (χ1) is 34.2. The molecule has 8 heterocycles. The van der Waals surface area contributed by atoms with E-state index in [9.17, 15) is 63.0 Å². The number of ether oxygens (including phenoxy) is 5. The predicted molar refractivity (Wildman–Crippen MR) is 243 cm³/mol. The zero-order valence-corrected chi connectivity index (χ0v) is 42.1. The highest BCUT2D eigenvalue weighted by Crippen LogP contribution is 2.68. The van der Waals surface area contributed by atoms with E-state index in [-0.39, 0.29) is 40.7 Å². The fraction of sp³-hybridized carbons (Fsp3) is 0.576. The molecule has 13 N–H and O–H groups in total. The number of rotatable bonds is 20. The van der Waals surface area contributed by atoms with Gasteiger partial charge in [0.2, 0.25) is 11.7 Å². The van der Waals surface area contributed by atoms with Crippen molar-refractivity contribution in [2.45, 2.75) is 67.1 Å². The molecule has 3 aliphatic heterocycles. The number of H-pyrrole nitrogens is 2. The van der Waals surface area contributed by atoms with Gasteiger partial charge in [0.05, 0.1) is 45.9 Å². The monoisotopic (exact) mass is 1140 g/mol. The Bertz CT molecular complexity index is 3250. The molecule has 35 nitrogen and oxygen atoms in total. The summed E-state index contributed by atoms with van der Waals surface area (Å²) in [6, 6.07) is 0.938. The third kappa shape index (κ3) is 11.4. The molecule has 0 aliphatic carbocycles. The van der Waals surface area contributed by atoms with E-state index in [1.807, 2.05) is 4.98 Å². The average Bonchev–Trinajstić information content (AvgIpc) is 4.10. The number of aliphatic hydroxyl groups is 3. The van der Waals surface area contributed by atoms with Crippen molar-refractivity contribution < 1.29 is 99.0 Å². The molecule has 0 aromatic carbocycles. The maximum atomic E-state index is 14.3. The lowest BCUT2D eigenvalue weighted by molar-refractivity contribution is -0.745. The van der Waals surface area contributed by atoms with E-state index in [2.05, 4.69) is 33.5 Å². The summed E-state index contributed by atoms with van der Waals surface area (Å²) in [5, 5.41) is 32.8. The predicted octanol–water partition coefficient (Wildman–Crippen LogP) is -3.79. The van der Waals surface area contributed by atoms with Crippen LogP contribution in [0.4, 0.5) is 11.8 Å². The molecule has 40 heteroatoms. The number of anilines is 2. The van der Waals surface area contributed by atoms with Gasteiger partial charge in [-0.2, -0.15) is 0 Å². The number of aryl methyl sites for hydroxylation is 1. The molecule has 0 radical (unpaired) electrons. The van der Waals surface area contributed by atoms with Crippen LogP contribution in [0.15, 0.2) is 45.6 Å². The number of hydrogen-bond acceptors (Lipinski definition) is 26. The van der Waals surface area contributed by atoms with Crippen molar-refractivity contribution in [3.63, 3.8) is 0 Å². The molecule has 5 aromatic heterocycles. The number of nitrogen functional groups attached to an aromatic ring is 2. The van der Waals surface area contributed by atoms with Crippen molar-refractivity contribution in [2.75, 3.05) is 52.1 Å². The Morgan fingerprint density at radius 2 is 1.48 bits per heavy atom. The van der Waals surface area contributed by atoms with Gasteiger partial charge in [-0.1, -0.05) is 4.98 Å². The van der Waals surface area contributed by atoms with E-state index in [4.69, 9.17) is 60.5 Å². The zero-order valence-electron chi connectivity index (χ0n) is 37.7. The Kier molecular flexibility index (Phi) is 15.9. The minimum atomic E-state index is -5.77. The number of imidazole rings is 2. The lowest BCUT2D eigenvalue weighted by Gasteiger charge is -2.28. The van der Waals surface area contributed by atoms with Crippen molar-refractivity contribution in [2.24, 2.45) is 13.0 Å².